The number of ether oxygens (including phenoxy) is 1. The molecule has 136 valence electrons. The summed E-state index contributed by atoms with van der Waals surface area (Å²) >= 11 is 2.80. The van der Waals surface area contributed by atoms with E-state index in [1.54, 1.807) is 7.11 Å². The number of hydrogen-bond acceptors (Lipinski definition) is 7. The van der Waals surface area contributed by atoms with Gasteiger partial charge in [0.15, 0.2) is 22.5 Å². The maximum Gasteiger partial charge on any atom is 0.195 e. The number of nitrogens with zero attached hydrogens (tertiary/aromatic N) is 4. The van der Waals surface area contributed by atoms with E-state index in [1.165, 1.54) is 23.1 Å². The zero-order valence-corrected chi connectivity index (χ0v) is 16.0. The van der Waals surface area contributed by atoms with Crippen molar-refractivity contribution in [3.63, 3.8) is 0 Å². The molecule has 4 N–H and O–H groups in total. The predicted molar refractivity (Wildman–Crippen MR) is 109 cm³/mol. The molecular weight excluding hydrogens is 370 g/mol. The van der Waals surface area contributed by atoms with Gasteiger partial charge < -0.3 is 15.8 Å². The van der Waals surface area contributed by atoms with Gasteiger partial charge in [-0.25, -0.2) is 9.98 Å². The van der Waals surface area contributed by atoms with Crippen molar-refractivity contribution in [2.45, 2.75) is 0 Å². The first kappa shape index (κ1) is 19.7. The van der Waals surface area contributed by atoms with Crippen LogP contribution in [0.15, 0.2) is 39.6 Å². The Morgan fingerprint density at radius 2 is 2.35 bits per heavy atom. The van der Waals surface area contributed by atoms with E-state index in [4.69, 9.17) is 15.7 Å². The number of aromatic nitrogens is 1. The molecule has 0 bridgehead atoms. The zero-order valence-electron chi connectivity index (χ0n) is 14.4. The lowest BCUT2D eigenvalue weighted by Gasteiger charge is -2.03. The maximum absolute atomic E-state index is 8.72. The van der Waals surface area contributed by atoms with Crippen LogP contribution in [0.2, 0.25) is 0 Å². The molecule has 0 unspecified atom stereocenters. The molecule has 10 heteroatoms. The number of benzene rings is 1. The van der Waals surface area contributed by atoms with Crippen molar-refractivity contribution in [1.82, 2.24) is 10.3 Å². The number of rotatable bonds is 6. The molecule has 0 saturated heterocycles. The molecule has 8 nitrogen and oxygen atoms in total. The number of guanidine groups is 1. The van der Waals surface area contributed by atoms with Crippen molar-refractivity contribution in [2.24, 2.45) is 15.7 Å². The molecule has 0 fully saturated rings. The third-order valence-corrected chi connectivity index (χ3v) is 4.38. The molecule has 0 aliphatic rings. The summed E-state index contributed by atoms with van der Waals surface area (Å²) in [5, 5.41) is 17.4. The second kappa shape index (κ2) is 10.4. The van der Waals surface area contributed by atoms with Crippen molar-refractivity contribution in [1.29, 1.82) is 5.26 Å². The van der Waals surface area contributed by atoms with E-state index in [1.807, 2.05) is 42.1 Å². The third-order valence-electron chi connectivity index (χ3n) is 3.05. The molecule has 0 amide bonds. The first-order chi connectivity index (χ1) is 12.7. The van der Waals surface area contributed by atoms with Crippen molar-refractivity contribution >= 4 is 45.0 Å². The summed E-state index contributed by atoms with van der Waals surface area (Å²) in [6.07, 6.45) is 3.72. The molecule has 0 aliphatic carbocycles. The standard InChI is InChI=1S/C16H19N7OS2/c1-24-7-6-19-14(18)23-16-22-13(9-26-16)11-4-3-5-12(8-11)21-15(25-2)20-10-17/h3-5,8-9H,6-7H2,1-2H3,(H,20,21)(H3,18,19,22,23). The van der Waals surface area contributed by atoms with Gasteiger partial charge in [0.25, 0.3) is 0 Å². The number of methoxy groups -OCH3 is 1. The second-order valence-corrected chi connectivity index (χ2v) is 6.48. The first-order valence-corrected chi connectivity index (χ1v) is 9.66. The minimum absolute atomic E-state index is 0.300. The molecule has 2 rings (SSSR count). The highest BCUT2D eigenvalue weighted by molar-refractivity contribution is 8.13. The zero-order chi connectivity index (χ0) is 18.8. The van der Waals surface area contributed by atoms with E-state index in [0.717, 1.165) is 16.9 Å². The minimum Gasteiger partial charge on any atom is -0.383 e. The largest absolute Gasteiger partial charge is 0.383 e. The Hall–Kier alpha value is -2.61. The highest BCUT2D eigenvalue weighted by atomic mass is 32.2. The lowest BCUT2D eigenvalue weighted by molar-refractivity contribution is 0.208. The van der Waals surface area contributed by atoms with Crippen LogP contribution in [0, 0.1) is 11.5 Å². The van der Waals surface area contributed by atoms with Gasteiger partial charge in [0.05, 0.1) is 24.5 Å². The van der Waals surface area contributed by atoms with E-state index < -0.39 is 0 Å². The quantitative estimate of drug-likeness (QED) is 0.228. The fourth-order valence-electron chi connectivity index (χ4n) is 1.89. The van der Waals surface area contributed by atoms with E-state index >= 15 is 0 Å². The molecule has 0 radical (unpaired) electrons. The van der Waals surface area contributed by atoms with Crippen LogP contribution in [0.3, 0.4) is 0 Å². The number of nitrogens with two attached hydrogens (primary N) is 1. The molecule has 0 spiro atoms. The number of thiazole rings is 1. The summed E-state index contributed by atoms with van der Waals surface area (Å²) in [6, 6.07) is 7.62. The summed E-state index contributed by atoms with van der Waals surface area (Å²) in [5.41, 5.74) is 8.27. The Kier molecular flexibility index (Phi) is 7.88. The fourth-order valence-corrected chi connectivity index (χ4v) is 2.97. The van der Waals surface area contributed by atoms with Gasteiger partial charge in [0, 0.05) is 18.1 Å². The summed E-state index contributed by atoms with van der Waals surface area (Å²) in [6.45, 7) is 1.000. The monoisotopic (exact) mass is 389 g/mol. The Morgan fingerprint density at radius 1 is 1.50 bits per heavy atom. The lowest BCUT2D eigenvalue weighted by atomic mass is 10.1. The van der Waals surface area contributed by atoms with E-state index in [9.17, 15) is 0 Å². The Balaban J connectivity index is 2.13. The molecule has 2 aromatic rings. The maximum atomic E-state index is 8.72. The minimum atomic E-state index is 0.300. The average molecular weight is 390 g/mol. The number of nitriles is 1. The summed E-state index contributed by atoms with van der Waals surface area (Å²) in [5.74, 6) is 0.300. The topological polar surface area (TPSA) is 121 Å². The third kappa shape index (κ3) is 6.03. The van der Waals surface area contributed by atoms with Crippen LogP contribution in [0.4, 0.5) is 10.8 Å². The Morgan fingerprint density at radius 3 is 3.08 bits per heavy atom. The van der Waals surface area contributed by atoms with Crippen molar-refractivity contribution in [3.05, 3.63) is 29.6 Å². The molecule has 0 atom stereocenters. The summed E-state index contributed by atoms with van der Waals surface area (Å²) < 4.78 is 4.93. The predicted octanol–water partition coefficient (Wildman–Crippen LogP) is 2.60. The van der Waals surface area contributed by atoms with Crippen LogP contribution in [-0.4, -0.2) is 42.6 Å². The first-order valence-electron chi connectivity index (χ1n) is 7.56. The Labute approximate surface area is 160 Å². The van der Waals surface area contributed by atoms with Gasteiger partial charge >= 0.3 is 0 Å². The van der Waals surface area contributed by atoms with E-state index in [-0.39, 0.29) is 0 Å². The van der Waals surface area contributed by atoms with Gasteiger partial charge in [-0.1, -0.05) is 23.9 Å². The van der Waals surface area contributed by atoms with Crippen LogP contribution in [0.1, 0.15) is 0 Å². The van der Waals surface area contributed by atoms with Gasteiger partial charge in [-0.05, 0) is 18.4 Å². The number of aliphatic imine (C=N–C) groups is 2. The SMILES string of the molecule is COCCN=C(N)Nc1nc(-c2cccc(N=C(NC#N)SC)c2)cs1. The van der Waals surface area contributed by atoms with Gasteiger partial charge in [-0.3, -0.25) is 10.3 Å². The molecule has 0 aliphatic heterocycles. The van der Waals surface area contributed by atoms with Crippen molar-refractivity contribution in [3.8, 4) is 17.5 Å². The lowest BCUT2D eigenvalue weighted by Crippen LogP contribution is -2.23. The van der Waals surface area contributed by atoms with Gasteiger partial charge in [0.2, 0.25) is 0 Å². The van der Waals surface area contributed by atoms with Crippen LogP contribution in [0.25, 0.3) is 11.3 Å². The smallest absolute Gasteiger partial charge is 0.195 e. The number of thioether (sulfide) groups is 1. The number of amidine groups is 1. The number of nitrogens with one attached hydrogen (secondary N) is 2. The molecule has 0 saturated carbocycles. The normalized spacial score (nSPS) is 11.9. The Bertz CT molecular complexity index is 826. The average Bonchev–Trinajstić information content (AvgIpc) is 3.10. The second-order valence-electron chi connectivity index (χ2n) is 4.83. The molecular formula is C16H19N7OS2. The number of anilines is 1. The summed E-state index contributed by atoms with van der Waals surface area (Å²) in [7, 11) is 1.61. The van der Waals surface area contributed by atoms with Gasteiger partial charge in [-0.15, -0.1) is 11.3 Å². The van der Waals surface area contributed by atoms with Crippen LogP contribution >= 0.6 is 23.1 Å². The van der Waals surface area contributed by atoms with Gasteiger partial charge in [0.1, 0.15) is 0 Å². The van der Waals surface area contributed by atoms with Crippen LogP contribution < -0.4 is 16.4 Å². The van der Waals surface area contributed by atoms with Crippen LogP contribution in [-0.2, 0) is 4.74 Å². The van der Waals surface area contributed by atoms with Crippen molar-refractivity contribution in [2.75, 3.05) is 31.8 Å². The highest BCUT2D eigenvalue weighted by Crippen LogP contribution is 2.27. The fraction of sp³-hybridized carbons (Fsp3) is 0.250. The van der Waals surface area contributed by atoms with Crippen molar-refractivity contribution < 1.29 is 4.74 Å². The molecule has 26 heavy (non-hydrogen) atoms. The highest BCUT2D eigenvalue weighted by Gasteiger charge is 2.07. The van der Waals surface area contributed by atoms with Crippen LogP contribution in [0.5, 0.6) is 0 Å². The molecule has 1 aromatic heterocycles. The molecule has 1 aromatic carbocycles. The van der Waals surface area contributed by atoms with Gasteiger partial charge in [-0.2, -0.15) is 5.26 Å². The van der Waals surface area contributed by atoms with E-state index in [2.05, 4.69) is 25.6 Å². The number of hydrogen-bond donors (Lipinski definition) is 3. The molecule has 1 heterocycles. The van der Waals surface area contributed by atoms with E-state index in [0.29, 0.717) is 29.4 Å². The summed E-state index contributed by atoms with van der Waals surface area (Å²) in [4.78, 5) is 13.1.